The second kappa shape index (κ2) is 6.19. The topological polar surface area (TPSA) is 41.5 Å². The average molecular weight is 264 g/mol. The molecule has 1 aliphatic heterocycles. The van der Waals surface area contributed by atoms with Gasteiger partial charge in [-0.1, -0.05) is 6.92 Å². The molecule has 1 aromatic heterocycles. The maximum atomic E-state index is 5.10. The Kier molecular flexibility index (Phi) is 4.58. The lowest BCUT2D eigenvalue weighted by Crippen LogP contribution is -2.55. The van der Waals surface area contributed by atoms with E-state index in [1.807, 2.05) is 0 Å². The summed E-state index contributed by atoms with van der Waals surface area (Å²) in [5.74, 6) is 1.51. The summed E-state index contributed by atoms with van der Waals surface area (Å²) in [4.78, 5) is 13.6. The number of methoxy groups -OCH3 is 1. The number of hydrogen-bond donors (Lipinski definition) is 0. The van der Waals surface area contributed by atoms with E-state index in [1.165, 1.54) is 0 Å². The highest BCUT2D eigenvalue weighted by molar-refractivity contribution is 5.32. The van der Waals surface area contributed by atoms with Crippen LogP contribution in [0.15, 0.2) is 12.4 Å². The monoisotopic (exact) mass is 264 g/mol. The molecule has 1 aromatic rings. The summed E-state index contributed by atoms with van der Waals surface area (Å²) in [7, 11) is 1.63. The molecule has 0 aliphatic carbocycles. The van der Waals surface area contributed by atoms with E-state index in [9.17, 15) is 0 Å². The summed E-state index contributed by atoms with van der Waals surface area (Å²) in [6, 6.07) is 1.18. The zero-order chi connectivity index (χ0) is 13.8. The molecule has 0 amide bonds. The van der Waals surface area contributed by atoms with Crippen LogP contribution in [0.4, 0.5) is 5.95 Å². The summed E-state index contributed by atoms with van der Waals surface area (Å²) < 4.78 is 5.10. The predicted octanol–water partition coefficient (Wildman–Crippen LogP) is 1.79. The Bertz CT molecular complexity index is 393. The molecule has 0 aromatic carbocycles. The van der Waals surface area contributed by atoms with Crippen LogP contribution in [0.1, 0.15) is 27.2 Å². The van der Waals surface area contributed by atoms with Crippen molar-refractivity contribution in [3.63, 3.8) is 0 Å². The van der Waals surface area contributed by atoms with Crippen molar-refractivity contribution in [3.8, 4) is 5.75 Å². The molecule has 0 bridgehead atoms. The first kappa shape index (κ1) is 14.1. The molecule has 1 atom stereocenters. The fourth-order valence-corrected chi connectivity index (χ4v) is 2.67. The highest BCUT2D eigenvalue weighted by Crippen LogP contribution is 2.20. The molecule has 2 rings (SSSR count). The van der Waals surface area contributed by atoms with Gasteiger partial charge in [0.05, 0.1) is 19.5 Å². The molecular weight excluding hydrogens is 240 g/mol. The molecule has 1 aliphatic rings. The van der Waals surface area contributed by atoms with Gasteiger partial charge in [0.25, 0.3) is 0 Å². The van der Waals surface area contributed by atoms with Gasteiger partial charge in [-0.25, -0.2) is 9.97 Å². The number of rotatable bonds is 4. The van der Waals surface area contributed by atoms with E-state index in [4.69, 9.17) is 4.74 Å². The highest BCUT2D eigenvalue weighted by Gasteiger charge is 2.28. The van der Waals surface area contributed by atoms with E-state index in [-0.39, 0.29) is 0 Å². The Morgan fingerprint density at radius 3 is 2.53 bits per heavy atom. The normalized spacial score (nSPS) is 20.9. The third-order valence-electron chi connectivity index (χ3n) is 3.80. The Labute approximate surface area is 115 Å². The fraction of sp³-hybridized carbons (Fsp3) is 0.714. The summed E-state index contributed by atoms with van der Waals surface area (Å²) in [6.07, 6.45) is 4.63. The van der Waals surface area contributed by atoms with Crippen LogP contribution in [0, 0.1) is 0 Å². The fourth-order valence-electron chi connectivity index (χ4n) is 2.67. The molecular formula is C14H24N4O. The van der Waals surface area contributed by atoms with Crippen molar-refractivity contribution >= 4 is 5.95 Å². The van der Waals surface area contributed by atoms with Gasteiger partial charge >= 0.3 is 0 Å². The molecule has 106 valence electrons. The zero-order valence-electron chi connectivity index (χ0n) is 12.3. The Morgan fingerprint density at radius 2 is 2.00 bits per heavy atom. The van der Waals surface area contributed by atoms with Crippen LogP contribution in [0.2, 0.25) is 0 Å². The number of piperazine rings is 1. The molecule has 1 saturated heterocycles. The van der Waals surface area contributed by atoms with Gasteiger partial charge in [0.2, 0.25) is 5.95 Å². The van der Waals surface area contributed by atoms with Crippen molar-refractivity contribution in [3.05, 3.63) is 12.4 Å². The smallest absolute Gasteiger partial charge is 0.225 e. The number of hydrogen-bond acceptors (Lipinski definition) is 5. The lowest BCUT2D eigenvalue weighted by atomic mass is 10.1. The van der Waals surface area contributed by atoms with Crippen LogP contribution >= 0.6 is 0 Å². The lowest BCUT2D eigenvalue weighted by Gasteiger charge is -2.43. The van der Waals surface area contributed by atoms with Crippen LogP contribution in [0.5, 0.6) is 5.75 Å². The van der Waals surface area contributed by atoms with E-state index in [2.05, 4.69) is 40.5 Å². The molecule has 19 heavy (non-hydrogen) atoms. The van der Waals surface area contributed by atoms with Gasteiger partial charge in [-0.05, 0) is 20.3 Å². The SMILES string of the molecule is CC[C@@H]1CN(c2ncc(OC)cn2)CCN1C(C)C. The summed E-state index contributed by atoms with van der Waals surface area (Å²) >= 11 is 0. The van der Waals surface area contributed by atoms with Crippen molar-refractivity contribution in [1.82, 2.24) is 14.9 Å². The summed E-state index contributed by atoms with van der Waals surface area (Å²) in [5, 5.41) is 0. The van der Waals surface area contributed by atoms with Crippen LogP contribution in [0.3, 0.4) is 0 Å². The first-order chi connectivity index (χ1) is 9.15. The summed E-state index contributed by atoms with van der Waals surface area (Å²) in [5.41, 5.74) is 0. The largest absolute Gasteiger partial charge is 0.494 e. The lowest BCUT2D eigenvalue weighted by molar-refractivity contribution is 0.132. The second-order valence-electron chi connectivity index (χ2n) is 5.26. The summed E-state index contributed by atoms with van der Waals surface area (Å²) in [6.45, 7) is 9.84. The molecule has 1 fully saturated rings. The number of nitrogens with zero attached hydrogens (tertiary/aromatic N) is 4. The molecule has 0 unspecified atom stereocenters. The minimum atomic E-state index is 0.583. The van der Waals surface area contributed by atoms with Gasteiger partial charge in [0.1, 0.15) is 0 Å². The van der Waals surface area contributed by atoms with Crippen molar-refractivity contribution in [1.29, 1.82) is 0 Å². The molecule has 2 heterocycles. The maximum absolute atomic E-state index is 5.10. The average Bonchev–Trinajstić information content (AvgIpc) is 2.46. The van der Waals surface area contributed by atoms with Crippen molar-refractivity contribution < 1.29 is 4.74 Å². The van der Waals surface area contributed by atoms with Crippen molar-refractivity contribution in [2.24, 2.45) is 0 Å². The zero-order valence-corrected chi connectivity index (χ0v) is 12.3. The van der Waals surface area contributed by atoms with Gasteiger partial charge in [0, 0.05) is 31.7 Å². The standard InChI is InChI=1S/C14H24N4O/c1-5-12-10-17(6-7-18(12)11(2)3)14-15-8-13(19-4)9-16-14/h8-9,11-12H,5-7,10H2,1-4H3/t12-/m1/s1. The highest BCUT2D eigenvalue weighted by atomic mass is 16.5. The molecule has 5 heteroatoms. The van der Waals surface area contributed by atoms with Crippen molar-refractivity contribution in [2.75, 3.05) is 31.6 Å². The molecule has 0 N–H and O–H groups in total. The van der Waals surface area contributed by atoms with E-state index in [0.717, 1.165) is 32.0 Å². The number of anilines is 1. The van der Waals surface area contributed by atoms with Gasteiger partial charge in [-0.2, -0.15) is 0 Å². The van der Waals surface area contributed by atoms with Crippen molar-refractivity contribution in [2.45, 2.75) is 39.3 Å². The maximum Gasteiger partial charge on any atom is 0.225 e. The quantitative estimate of drug-likeness (QED) is 0.829. The van der Waals surface area contributed by atoms with Gasteiger partial charge in [0.15, 0.2) is 5.75 Å². The van der Waals surface area contributed by atoms with Crippen LogP contribution in [0.25, 0.3) is 0 Å². The van der Waals surface area contributed by atoms with E-state index in [1.54, 1.807) is 19.5 Å². The van der Waals surface area contributed by atoms with Crippen LogP contribution in [-0.4, -0.2) is 53.7 Å². The first-order valence-corrected chi connectivity index (χ1v) is 7.02. The van der Waals surface area contributed by atoms with Gasteiger partial charge in [-0.3, -0.25) is 4.90 Å². The van der Waals surface area contributed by atoms with E-state index < -0.39 is 0 Å². The van der Waals surface area contributed by atoms with E-state index in [0.29, 0.717) is 17.8 Å². The van der Waals surface area contributed by atoms with E-state index >= 15 is 0 Å². The second-order valence-corrected chi connectivity index (χ2v) is 5.26. The minimum Gasteiger partial charge on any atom is -0.494 e. The number of aromatic nitrogens is 2. The Hall–Kier alpha value is -1.36. The Morgan fingerprint density at radius 1 is 1.32 bits per heavy atom. The molecule has 0 spiro atoms. The predicted molar refractivity (Wildman–Crippen MR) is 76.7 cm³/mol. The van der Waals surface area contributed by atoms with Crippen LogP contribution in [-0.2, 0) is 0 Å². The third-order valence-corrected chi connectivity index (χ3v) is 3.80. The molecule has 0 saturated carbocycles. The molecule has 0 radical (unpaired) electrons. The van der Waals surface area contributed by atoms with Gasteiger partial charge < -0.3 is 9.64 Å². The van der Waals surface area contributed by atoms with Gasteiger partial charge in [-0.15, -0.1) is 0 Å². The molecule has 5 nitrogen and oxygen atoms in total. The Balaban J connectivity index is 2.06. The first-order valence-electron chi connectivity index (χ1n) is 7.02. The minimum absolute atomic E-state index is 0.583. The number of ether oxygens (including phenoxy) is 1. The third kappa shape index (κ3) is 3.15. The van der Waals surface area contributed by atoms with Crippen LogP contribution < -0.4 is 9.64 Å².